The molecule has 0 radical (unpaired) electrons. The number of nitrogens with zero attached hydrogens (tertiary/aromatic N) is 3. The third-order valence-electron chi connectivity index (χ3n) is 1.07. The summed E-state index contributed by atoms with van der Waals surface area (Å²) >= 11 is 0. The Morgan fingerprint density at radius 3 is 2.75 bits per heavy atom. The number of carbonyl (C=O) groups excluding carboxylic acids is 2. The maximum absolute atomic E-state index is 10.9. The van der Waals surface area contributed by atoms with E-state index in [-0.39, 0.29) is 5.69 Å². The molecular formula is C5H7N5O2. The molecule has 0 spiro atoms. The number of rotatable bonds is 1. The highest BCUT2D eigenvalue weighted by Gasteiger charge is 2.10. The lowest BCUT2D eigenvalue weighted by Crippen LogP contribution is -2.35. The zero-order valence-electron chi connectivity index (χ0n) is 6.31. The highest BCUT2D eigenvalue weighted by molar-refractivity contribution is 6.02. The number of nitrogens with two attached hydrogens (primary N) is 1. The summed E-state index contributed by atoms with van der Waals surface area (Å²) in [6.07, 6.45) is 1.37. The fourth-order valence-electron chi connectivity index (χ4n) is 0.627. The van der Waals surface area contributed by atoms with Crippen molar-refractivity contribution >= 4 is 11.9 Å². The number of imide groups is 1. The van der Waals surface area contributed by atoms with Crippen molar-refractivity contribution in [1.29, 1.82) is 0 Å². The van der Waals surface area contributed by atoms with E-state index in [1.807, 2.05) is 5.32 Å². The molecule has 0 aromatic carbocycles. The molecule has 1 rings (SSSR count). The van der Waals surface area contributed by atoms with Gasteiger partial charge in [0.15, 0.2) is 5.69 Å². The summed E-state index contributed by atoms with van der Waals surface area (Å²) in [5, 5.41) is 8.82. The van der Waals surface area contributed by atoms with Crippen molar-refractivity contribution in [3.05, 3.63) is 11.9 Å². The molecule has 0 aliphatic carbocycles. The largest absolute Gasteiger partial charge is 0.351 e. The van der Waals surface area contributed by atoms with Gasteiger partial charge in [-0.25, -0.2) is 4.79 Å². The maximum atomic E-state index is 10.9. The molecule has 0 saturated carbocycles. The minimum atomic E-state index is -0.911. The second-order valence-electron chi connectivity index (χ2n) is 2.10. The van der Waals surface area contributed by atoms with Crippen LogP contribution in [0.2, 0.25) is 0 Å². The molecule has 12 heavy (non-hydrogen) atoms. The summed E-state index contributed by atoms with van der Waals surface area (Å²) in [6, 6.07) is -0.911. The number of carbonyl (C=O) groups is 2. The lowest BCUT2D eigenvalue weighted by Gasteiger charge is -1.93. The van der Waals surface area contributed by atoms with E-state index in [1.165, 1.54) is 10.9 Å². The van der Waals surface area contributed by atoms with Crippen LogP contribution in [-0.4, -0.2) is 26.9 Å². The number of primary amides is 1. The van der Waals surface area contributed by atoms with Gasteiger partial charge in [0.25, 0.3) is 5.91 Å². The van der Waals surface area contributed by atoms with E-state index in [0.29, 0.717) is 0 Å². The second kappa shape index (κ2) is 2.99. The highest BCUT2D eigenvalue weighted by Crippen LogP contribution is 1.89. The first-order chi connectivity index (χ1) is 5.59. The number of hydrogen-bond acceptors (Lipinski definition) is 4. The van der Waals surface area contributed by atoms with Crippen molar-refractivity contribution in [3.8, 4) is 0 Å². The van der Waals surface area contributed by atoms with Gasteiger partial charge in [-0.1, -0.05) is 5.21 Å². The number of nitrogens with one attached hydrogen (secondary N) is 1. The van der Waals surface area contributed by atoms with Crippen LogP contribution < -0.4 is 11.1 Å². The lowest BCUT2D eigenvalue weighted by molar-refractivity contribution is 0.0961. The van der Waals surface area contributed by atoms with Gasteiger partial charge < -0.3 is 5.73 Å². The van der Waals surface area contributed by atoms with Gasteiger partial charge in [0.1, 0.15) is 0 Å². The summed E-state index contributed by atoms with van der Waals surface area (Å²) in [5.41, 5.74) is 4.76. The molecule has 3 amide bonds. The van der Waals surface area contributed by atoms with Gasteiger partial charge in [0.05, 0.1) is 6.20 Å². The summed E-state index contributed by atoms with van der Waals surface area (Å²) in [6.45, 7) is 0. The molecule has 0 atom stereocenters. The first kappa shape index (κ1) is 8.18. The van der Waals surface area contributed by atoms with Crippen molar-refractivity contribution in [1.82, 2.24) is 20.3 Å². The van der Waals surface area contributed by atoms with Gasteiger partial charge in [-0.2, -0.15) is 0 Å². The van der Waals surface area contributed by atoms with E-state index >= 15 is 0 Å². The van der Waals surface area contributed by atoms with E-state index in [9.17, 15) is 9.59 Å². The normalized spacial score (nSPS) is 9.42. The second-order valence-corrected chi connectivity index (χ2v) is 2.10. The molecule has 0 unspecified atom stereocenters. The summed E-state index contributed by atoms with van der Waals surface area (Å²) in [4.78, 5) is 21.2. The van der Waals surface area contributed by atoms with E-state index in [4.69, 9.17) is 5.73 Å². The summed E-state index contributed by atoms with van der Waals surface area (Å²) < 4.78 is 1.34. The van der Waals surface area contributed by atoms with Crippen molar-refractivity contribution < 1.29 is 9.59 Å². The Labute approximate surface area is 67.5 Å². The Morgan fingerprint density at radius 1 is 1.67 bits per heavy atom. The van der Waals surface area contributed by atoms with Gasteiger partial charge >= 0.3 is 6.03 Å². The Morgan fingerprint density at radius 2 is 2.33 bits per heavy atom. The predicted octanol–water partition coefficient (Wildman–Crippen LogP) is -1.38. The average Bonchev–Trinajstić information content (AvgIpc) is 2.34. The van der Waals surface area contributed by atoms with Crippen LogP contribution in [0.4, 0.5) is 4.79 Å². The zero-order valence-corrected chi connectivity index (χ0v) is 6.31. The average molecular weight is 169 g/mol. The van der Waals surface area contributed by atoms with Crippen LogP contribution in [-0.2, 0) is 7.05 Å². The Hall–Kier alpha value is -1.92. The van der Waals surface area contributed by atoms with Crippen LogP contribution in [0.25, 0.3) is 0 Å². The summed E-state index contributed by atoms with van der Waals surface area (Å²) in [5.74, 6) is -0.657. The molecule has 1 aromatic rings. The molecule has 0 fully saturated rings. The van der Waals surface area contributed by atoms with Crippen LogP contribution in [0.3, 0.4) is 0 Å². The van der Waals surface area contributed by atoms with Gasteiger partial charge in [-0.3, -0.25) is 14.8 Å². The summed E-state index contributed by atoms with van der Waals surface area (Å²) in [7, 11) is 1.61. The molecule has 0 aliphatic rings. The molecule has 0 aliphatic heterocycles. The highest BCUT2D eigenvalue weighted by atomic mass is 16.2. The fourth-order valence-corrected chi connectivity index (χ4v) is 0.627. The van der Waals surface area contributed by atoms with Gasteiger partial charge in [0, 0.05) is 7.05 Å². The molecular weight excluding hydrogens is 162 g/mol. The zero-order chi connectivity index (χ0) is 9.14. The molecule has 1 heterocycles. The molecule has 64 valence electrons. The van der Waals surface area contributed by atoms with Crippen molar-refractivity contribution in [3.63, 3.8) is 0 Å². The molecule has 7 heteroatoms. The quantitative estimate of drug-likeness (QED) is 0.540. The van der Waals surface area contributed by atoms with Crippen molar-refractivity contribution in [2.75, 3.05) is 0 Å². The number of aromatic nitrogens is 3. The van der Waals surface area contributed by atoms with Crippen LogP contribution in [0, 0.1) is 0 Å². The number of urea groups is 1. The Balaban J connectivity index is 2.72. The van der Waals surface area contributed by atoms with Crippen LogP contribution >= 0.6 is 0 Å². The van der Waals surface area contributed by atoms with Gasteiger partial charge in [-0.15, -0.1) is 5.10 Å². The minimum Gasteiger partial charge on any atom is -0.351 e. The SMILES string of the molecule is Cn1cc(C(=O)NC(N)=O)nn1. The molecule has 0 saturated heterocycles. The topological polar surface area (TPSA) is 103 Å². The molecule has 0 bridgehead atoms. The maximum Gasteiger partial charge on any atom is 0.319 e. The number of aryl methyl sites for hydroxylation is 1. The van der Waals surface area contributed by atoms with Crippen LogP contribution in [0.15, 0.2) is 6.20 Å². The van der Waals surface area contributed by atoms with E-state index in [1.54, 1.807) is 7.05 Å². The van der Waals surface area contributed by atoms with Crippen molar-refractivity contribution in [2.24, 2.45) is 12.8 Å². The Bertz CT molecular complexity index is 317. The first-order valence-electron chi connectivity index (χ1n) is 3.06. The number of hydrogen-bond donors (Lipinski definition) is 2. The van der Waals surface area contributed by atoms with Gasteiger partial charge in [0.2, 0.25) is 0 Å². The standard InChI is InChI=1S/C5H7N5O2/c1-10-2-3(8-9-10)4(11)7-5(6)12/h2H,1H3,(H3,6,7,11,12). The van der Waals surface area contributed by atoms with E-state index in [0.717, 1.165) is 0 Å². The lowest BCUT2D eigenvalue weighted by atomic mass is 10.4. The third kappa shape index (κ3) is 1.78. The fraction of sp³-hybridized carbons (Fsp3) is 0.200. The van der Waals surface area contributed by atoms with E-state index in [2.05, 4.69) is 10.3 Å². The van der Waals surface area contributed by atoms with Crippen molar-refractivity contribution in [2.45, 2.75) is 0 Å². The smallest absolute Gasteiger partial charge is 0.319 e. The molecule has 3 N–H and O–H groups in total. The van der Waals surface area contributed by atoms with Gasteiger partial charge in [-0.05, 0) is 0 Å². The van der Waals surface area contributed by atoms with Crippen LogP contribution in [0.5, 0.6) is 0 Å². The predicted molar refractivity (Wildman–Crippen MR) is 38.1 cm³/mol. The monoisotopic (exact) mass is 169 g/mol. The Kier molecular flexibility index (Phi) is 2.04. The number of amides is 3. The third-order valence-corrected chi connectivity index (χ3v) is 1.07. The van der Waals surface area contributed by atoms with Crippen LogP contribution in [0.1, 0.15) is 10.5 Å². The molecule has 7 nitrogen and oxygen atoms in total. The van der Waals surface area contributed by atoms with E-state index < -0.39 is 11.9 Å². The first-order valence-corrected chi connectivity index (χ1v) is 3.06. The minimum absolute atomic E-state index is 0.0521. The molecule has 1 aromatic heterocycles.